The van der Waals surface area contributed by atoms with E-state index in [9.17, 15) is 4.79 Å². The van der Waals surface area contributed by atoms with Crippen molar-refractivity contribution in [3.8, 4) is 11.5 Å². The number of methoxy groups -OCH3 is 1. The summed E-state index contributed by atoms with van der Waals surface area (Å²) in [6, 6.07) is 14.6. The number of carbonyl (C=O) groups is 1. The van der Waals surface area contributed by atoms with Crippen molar-refractivity contribution in [2.24, 2.45) is 0 Å². The summed E-state index contributed by atoms with van der Waals surface area (Å²) in [6.45, 7) is 2.38. The molecule has 0 atom stereocenters. The van der Waals surface area contributed by atoms with Gasteiger partial charge in [-0.05, 0) is 55.5 Å². The molecule has 0 aliphatic heterocycles. The van der Waals surface area contributed by atoms with Gasteiger partial charge in [-0.3, -0.25) is 4.79 Å². The second-order valence-corrected chi connectivity index (χ2v) is 5.91. The van der Waals surface area contributed by atoms with Crippen LogP contribution in [0.3, 0.4) is 0 Å². The molecular weight excluding hydrogens is 350 g/mol. The molecule has 3 aromatic rings. The van der Waals surface area contributed by atoms with E-state index in [2.05, 4.69) is 4.98 Å². The van der Waals surface area contributed by atoms with E-state index in [1.54, 1.807) is 31.4 Å². The Morgan fingerprint density at radius 2 is 2.00 bits per heavy atom. The Morgan fingerprint density at radius 3 is 2.77 bits per heavy atom. The minimum Gasteiger partial charge on any atom is -0.497 e. The average Bonchev–Trinajstić information content (AvgIpc) is 2.66. The zero-order valence-electron chi connectivity index (χ0n) is 14.5. The number of aromatic nitrogens is 1. The van der Waals surface area contributed by atoms with Crippen LogP contribution in [0.4, 0.5) is 0 Å². The third kappa shape index (κ3) is 3.86. The highest BCUT2D eigenvalue weighted by molar-refractivity contribution is 6.31. The van der Waals surface area contributed by atoms with Crippen molar-refractivity contribution in [1.82, 2.24) is 4.98 Å². The van der Waals surface area contributed by atoms with Crippen LogP contribution in [0.2, 0.25) is 5.15 Å². The van der Waals surface area contributed by atoms with Crippen LogP contribution < -0.4 is 9.47 Å². The van der Waals surface area contributed by atoms with Crippen molar-refractivity contribution in [2.75, 3.05) is 13.7 Å². The molecule has 26 heavy (non-hydrogen) atoms. The summed E-state index contributed by atoms with van der Waals surface area (Å²) in [5.74, 6) is 1.14. The first-order valence-electron chi connectivity index (χ1n) is 8.21. The number of hydrogen-bond acceptors (Lipinski definition) is 4. The van der Waals surface area contributed by atoms with Crippen LogP contribution >= 0.6 is 11.6 Å². The Kier molecular flexibility index (Phi) is 5.54. The van der Waals surface area contributed by atoms with Crippen molar-refractivity contribution < 1.29 is 14.3 Å². The molecule has 0 amide bonds. The molecule has 1 aromatic heterocycles. The van der Waals surface area contributed by atoms with Crippen molar-refractivity contribution in [3.05, 3.63) is 70.9 Å². The molecule has 3 rings (SSSR count). The van der Waals surface area contributed by atoms with Crippen LogP contribution in [0.5, 0.6) is 11.5 Å². The monoisotopic (exact) mass is 367 g/mol. The highest BCUT2D eigenvalue weighted by Gasteiger charge is 2.10. The molecule has 0 spiro atoms. The minimum atomic E-state index is -0.157. The maximum atomic E-state index is 12.5. The molecule has 0 bridgehead atoms. The van der Waals surface area contributed by atoms with Crippen LogP contribution in [-0.4, -0.2) is 24.5 Å². The van der Waals surface area contributed by atoms with Gasteiger partial charge in [-0.2, -0.15) is 0 Å². The van der Waals surface area contributed by atoms with Gasteiger partial charge in [0.2, 0.25) is 0 Å². The Labute approximate surface area is 157 Å². The molecule has 0 fully saturated rings. The Hall–Kier alpha value is -2.85. The zero-order chi connectivity index (χ0) is 18.5. The first-order chi connectivity index (χ1) is 12.6. The normalized spacial score (nSPS) is 11.0. The summed E-state index contributed by atoms with van der Waals surface area (Å²) in [7, 11) is 1.61. The number of rotatable bonds is 6. The van der Waals surface area contributed by atoms with Crippen molar-refractivity contribution in [1.29, 1.82) is 0 Å². The Bertz CT molecular complexity index is 982. The van der Waals surface area contributed by atoms with Crippen molar-refractivity contribution in [2.45, 2.75) is 6.92 Å². The SMILES string of the molecule is CCOc1ccccc1C(=O)C=Cc1cc2cc(OC)ccc2nc1Cl. The third-order valence-corrected chi connectivity index (χ3v) is 4.17. The number of nitrogens with zero attached hydrogens (tertiary/aromatic N) is 1. The second kappa shape index (κ2) is 8.02. The van der Waals surface area contributed by atoms with Crippen LogP contribution in [0, 0.1) is 0 Å². The molecule has 1 heterocycles. The van der Waals surface area contributed by atoms with Crippen molar-refractivity contribution in [3.63, 3.8) is 0 Å². The minimum absolute atomic E-state index is 0.157. The average molecular weight is 368 g/mol. The lowest BCUT2D eigenvalue weighted by Crippen LogP contribution is -2.01. The number of halogens is 1. The molecule has 5 heteroatoms. The van der Waals surface area contributed by atoms with E-state index in [4.69, 9.17) is 21.1 Å². The summed E-state index contributed by atoms with van der Waals surface area (Å²) in [5, 5.41) is 1.22. The topological polar surface area (TPSA) is 48.4 Å². The maximum Gasteiger partial charge on any atom is 0.189 e. The molecule has 0 radical (unpaired) electrons. The number of para-hydroxylation sites is 1. The predicted octanol–water partition coefficient (Wildman–Crippen LogP) is 5.19. The van der Waals surface area contributed by atoms with Gasteiger partial charge in [0, 0.05) is 10.9 Å². The molecule has 0 unspecified atom stereocenters. The second-order valence-electron chi connectivity index (χ2n) is 5.55. The molecule has 0 N–H and O–H groups in total. The molecule has 0 saturated heterocycles. The summed E-state index contributed by atoms with van der Waals surface area (Å²) in [5.41, 5.74) is 1.94. The number of ether oxygens (including phenoxy) is 2. The smallest absolute Gasteiger partial charge is 0.189 e. The lowest BCUT2D eigenvalue weighted by Gasteiger charge is -2.07. The first-order valence-corrected chi connectivity index (χ1v) is 8.58. The van der Waals surface area contributed by atoms with Gasteiger partial charge in [-0.25, -0.2) is 4.98 Å². The highest BCUT2D eigenvalue weighted by atomic mass is 35.5. The van der Waals surface area contributed by atoms with Gasteiger partial charge in [-0.1, -0.05) is 23.7 Å². The number of carbonyl (C=O) groups excluding carboxylic acids is 1. The lowest BCUT2D eigenvalue weighted by molar-refractivity contribution is 0.104. The van der Waals surface area contributed by atoms with Crippen LogP contribution in [0.15, 0.2) is 54.6 Å². The van der Waals surface area contributed by atoms with Crippen LogP contribution in [-0.2, 0) is 0 Å². The van der Waals surface area contributed by atoms with Gasteiger partial charge in [0.05, 0.1) is 24.8 Å². The quantitative estimate of drug-likeness (QED) is 0.341. The fraction of sp³-hybridized carbons (Fsp3) is 0.143. The van der Waals surface area contributed by atoms with Gasteiger partial charge < -0.3 is 9.47 Å². The summed E-state index contributed by atoms with van der Waals surface area (Å²) >= 11 is 6.26. The largest absolute Gasteiger partial charge is 0.497 e. The van der Waals surface area contributed by atoms with Gasteiger partial charge in [0.15, 0.2) is 5.78 Å². The zero-order valence-corrected chi connectivity index (χ0v) is 15.3. The van der Waals surface area contributed by atoms with E-state index in [-0.39, 0.29) is 5.78 Å². The highest BCUT2D eigenvalue weighted by Crippen LogP contribution is 2.26. The molecule has 0 aliphatic rings. The number of allylic oxidation sites excluding steroid dienone is 1. The van der Waals surface area contributed by atoms with E-state index in [1.807, 2.05) is 37.3 Å². The fourth-order valence-corrected chi connectivity index (χ4v) is 2.81. The lowest BCUT2D eigenvalue weighted by atomic mass is 10.1. The van der Waals surface area contributed by atoms with Crippen LogP contribution in [0.1, 0.15) is 22.8 Å². The molecule has 132 valence electrons. The molecule has 0 aliphatic carbocycles. The van der Waals surface area contributed by atoms with Crippen molar-refractivity contribution >= 4 is 34.4 Å². The number of hydrogen-bond donors (Lipinski definition) is 0. The van der Waals surface area contributed by atoms with Gasteiger partial charge in [-0.15, -0.1) is 0 Å². The van der Waals surface area contributed by atoms with Crippen LogP contribution in [0.25, 0.3) is 17.0 Å². The van der Waals surface area contributed by atoms with Gasteiger partial charge >= 0.3 is 0 Å². The standard InChI is InChI=1S/C21H18ClNO3/c1-3-26-20-7-5-4-6-17(20)19(24)11-8-14-12-15-13-16(25-2)9-10-18(15)23-21(14)22/h4-13H,3H2,1-2H3. The van der Waals surface area contributed by atoms with E-state index in [0.29, 0.717) is 28.6 Å². The number of ketones is 1. The molecule has 4 nitrogen and oxygen atoms in total. The summed E-state index contributed by atoms with van der Waals surface area (Å²) in [4.78, 5) is 16.9. The molecule has 0 saturated carbocycles. The summed E-state index contributed by atoms with van der Waals surface area (Å²) in [6.07, 6.45) is 3.14. The maximum absolute atomic E-state index is 12.5. The number of fused-ring (bicyclic) bond motifs is 1. The number of benzene rings is 2. The van der Waals surface area contributed by atoms with E-state index < -0.39 is 0 Å². The van der Waals surface area contributed by atoms with E-state index in [0.717, 1.165) is 16.7 Å². The number of pyridine rings is 1. The molecular formula is C21H18ClNO3. The molecule has 2 aromatic carbocycles. The first kappa shape index (κ1) is 18.0. The van der Waals surface area contributed by atoms with E-state index in [1.165, 1.54) is 6.08 Å². The van der Waals surface area contributed by atoms with Gasteiger partial charge in [0.25, 0.3) is 0 Å². The van der Waals surface area contributed by atoms with Gasteiger partial charge in [0.1, 0.15) is 16.7 Å². The fourth-order valence-electron chi connectivity index (χ4n) is 2.60. The van der Waals surface area contributed by atoms with E-state index >= 15 is 0 Å². The summed E-state index contributed by atoms with van der Waals surface area (Å²) < 4.78 is 10.7. The Balaban J connectivity index is 1.92. The predicted molar refractivity (Wildman–Crippen MR) is 104 cm³/mol. The third-order valence-electron chi connectivity index (χ3n) is 3.87. The Morgan fingerprint density at radius 1 is 1.19 bits per heavy atom.